The Morgan fingerprint density at radius 3 is 3.10 bits per heavy atom. The lowest BCUT2D eigenvalue weighted by molar-refractivity contribution is -0.116. The predicted molar refractivity (Wildman–Crippen MR) is 81.5 cm³/mol. The molecule has 1 amide bonds. The number of hydrogen-bond acceptors (Lipinski definition) is 4. The molecule has 1 aromatic heterocycles. The zero-order valence-corrected chi connectivity index (χ0v) is 11.8. The van der Waals surface area contributed by atoms with E-state index >= 15 is 0 Å². The molecule has 0 radical (unpaired) electrons. The summed E-state index contributed by atoms with van der Waals surface area (Å²) in [5, 5.41) is 5.91. The second kappa shape index (κ2) is 5.83. The number of hydrogen-bond donors (Lipinski definition) is 2. The minimum Gasteiger partial charge on any atom is -0.489 e. The van der Waals surface area contributed by atoms with Crippen LogP contribution in [0.4, 0.5) is 11.5 Å². The third-order valence-corrected chi connectivity index (χ3v) is 3.49. The van der Waals surface area contributed by atoms with Crippen molar-refractivity contribution in [2.24, 2.45) is 0 Å². The van der Waals surface area contributed by atoms with E-state index in [1.165, 1.54) is 0 Å². The first-order chi connectivity index (χ1) is 10.3. The van der Waals surface area contributed by atoms with Gasteiger partial charge in [0.2, 0.25) is 5.91 Å². The molecule has 21 heavy (non-hydrogen) atoms. The molecule has 1 aromatic carbocycles. The SMILES string of the molecule is CNc1ncccc1COc1ccc2c(c1)CCC(=O)N2. The van der Waals surface area contributed by atoms with E-state index in [2.05, 4.69) is 15.6 Å². The van der Waals surface area contributed by atoms with Crippen LogP contribution in [0.25, 0.3) is 0 Å². The molecule has 2 N–H and O–H groups in total. The van der Waals surface area contributed by atoms with E-state index in [1.807, 2.05) is 37.4 Å². The Morgan fingerprint density at radius 1 is 1.33 bits per heavy atom. The van der Waals surface area contributed by atoms with Gasteiger partial charge in [-0.1, -0.05) is 6.07 Å². The summed E-state index contributed by atoms with van der Waals surface area (Å²) in [6.45, 7) is 0.454. The Labute approximate surface area is 123 Å². The molecule has 1 aliphatic rings. The van der Waals surface area contributed by atoms with Gasteiger partial charge in [-0.2, -0.15) is 0 Å². The van der Waals surface area contributed by atoms with Crippen molar-refractivity contribution in [2.45, 2.75) is 19.4 Å². The van der Waals surface area contributed by atoms with Crippen LogP contribution in [0.15, 0.2) is 36.5 Å². The number of amides is 1. The van der Waals surface area contributed by atoms with Gasteiger partial charge in [-0.15, -0.1) is 0 Å². The standard InChI is InChI=1S/C16H17N3O2/c1-17-16-12(3-2-8-18-16)10-21-13-5-6-14-11(9-13)4-7-15(20)19-14/h2-3,5-6,8-9H,4,7,10H2,1H3,(H,17,18)(H,19,20). The molecule has 0 saturated carbocycles. The maximum absolute atomic E-state index is 11.3. The van der Waals surface area contributed by atoms with Gasteiger partial charge in [0, 0.05) is 30.9 Å². The van der Waals surface area contributed by atoms with Gasteiger partial charge >= 0.3 is 0 Å². The normalized spacial score (nSPS) is 13.3. The second-order valence-corrected chi connectivity index (χ2v) is 4.92. The van der Waals surface area contributed by atoms with E-state index < -0.39 is 0 Å². The maximum Gasteiger partial charge on any atom is 0.224 e. The van der Waals surface area contributed by atoms with Gasteiger partial charge in [0.15, 0.2) is 0 Å². The number of nitrogens with one attached hydrogen (secondary N) is 2. The zero-order chi connectivity index (χ0) is 14.7. The number of rotatable bonds is 4. The van der Waals surface area contributed by atoms with E-state index in [1.54, 1.807) is 6.20 Å². The Bertz CT molecular complexity index is 670. The molecule has 0 spiro atoms. The molecular formula is C16H17N3O2. The van der Waals surface area contributed by atoms with Gasteiger partial charge < -0.3 is 15.4 Å². The van der Waals surface area contributed by atoms with Gasteiger partial charge in [0.05, 0.1) is 0 Å². The smallest absolute Gasteiger partial charge is 0.224 e. The van der Waals surface area contributed by atoms with Crippen molar-refractivity contribution in [3.05, 3.63) is 47.7 Å². The van der Waals surface area contributed by atoms with Crippen LogP contribution in [0.3, 0.4) is 0 Å². The first-order valence-corrected chi connectivity index (χ1v) is 6.93. The summed E-state index contributed by atoms with van der Waals surface area (Å²) < 4.78 is 5.83. The monoisotopic (exact) mass is 283 g/mol. The number of carbonyl (C=O) groups excluding carboxylic acids is 1. The maximum atomic E-state index is 11.3. The lowest BCUT2D eigenvalue weighted by Crippen LogP contribution is -2.18. The summed E-state index contributed by atoms with van der Waals surface area (Å²) in [7, 11) is 1.84. The van der Waals surface area contributed by atoms with Gasteiger partial charge in [-0.05, 0) is 36.2 Å². The molecule has 0 unspecified atom stereocenters. The quantitative estimate of drug-likeness (QED) is 0.905. The van der Waals surface area contributed by atoms with E-state index in [0.29, 0.717) is 13.0 Å². The highest BCUT2D eigenvalue weighted by Crippen LogP contribution is 2.27. The number of fused-ring (bicyclic) bond motifs is 1. The van der Waals surface area contributed by atoms with Crippen molar-refractivity contribution < 1.29 is 9.53 Å². The topological polar surface area (TPSA) is 63.3 Å². The van der Waals surface area contributed by atoms with Crippen LogP contribution >= 0.6 is 0 Å². The summed E-state index contributed by atoms with van der Waals surface area (Å²) in [4.78, 5) is 15.6. The minimum atomic E-state index is 0.0743. The number of carbonyl (C=O) groups is 1. The summed E-state index contributed by atoms with van der Waals surface area (Å²) >= 11 is 0. The molecule has 108 valence electrons. The van der Waals surface area contributed by atoms with Crippen LogP contribution in [-0.4, -0.2) is 17.9 Å². The lowest BCUT2D eigenvalue weighted by Gasteiger charge is -2.18. The average Bonchev–Trinajstić information content (AvgIpc) is 2.53. The molecule has 2 aromatic rings. The number of nitrogens with zero attached hydrogens (tertiary/aromatic N) is 1. The van der Waals surface area contributed by atoms with Gasteiger partial charge in [-0.25, -0.2) is 4.98 Å². The minimum absolute atomic E-state index is 0.0743. The number of benzene rings is 1. The van der Waals surface area contributed by atoms with E-state index in [4.69, 9.17) is 4.74 Å². The molecule has 0 aliphatic carbocycles. The fourth-order valence-electron chi connectivity index (χ4n) is 2.39. The highest BCUT2D eigenvalue weighted by molar-refractivity contribution is 5.93. The van der Waals surface area contributed by atoms with Gasteiger partial charge in [0.25, 0.3) is 0 Å². The first-order valence-electron chi connectivity index (χ1n) is 6.93. The third-order valence-electron chi connectivity index (χ3n) is 3.49. The van der Waals surface area contributed by atoms with Crippen molar-refractivity contribution in [2.75, 3.05) is 17.7 Å². The highest BCUT2D eigenvalue weighted by atomic mass is 16.5. The molecule has 0 atom stereocenters. The molecule has 3 rings (SSSR count). The Kier molecular flexibility index (Phi) is 3.73. The molecule has 0 saturated heterocycles. The lowest BCUT2D eigenvalue weighted by atomic mass is 10.0. The summed E-state index contributed by atoms with van der Waals surface area (Å²) in [5.74, 6) is 1.70. The Morgan fingerprint density at radius 2 is 2.24 bits per heavy atom. The van der Waals surface area contributed by atoms with Crippen molar-refractivity contribution in [1.82, 2.24) is 4.98 Å². The number of ether oxygens (including phenoxy) is 1. The number of anilines is 2. The van der Waals surface area contributed by atoms with Gasteiger partial charge in [-0.3, -0.25) is 4.79 Å². The Balaban J connectivity index is 1.72. The highest BCUT2D eigenvalue weighted by Gasteiger charge is 2.15. The van der Waals surface area contributed by atoms with E-state index in [9.17, 15) is 4.79 Å². The fraction of sp³-hybridized carbons (Fsp3) is 0.250. The second-order valence-electron chi connectivity index (χ2n) is 4.92. The van der Waals surface area contributed by atoms with Crippen LogP contribution in [-0.2, 0) is 17.8 Å². The predicted octanol–water partition coefficient (Wildman–Crippen LogP) is 2.59. The molecule has 0 bridgehead atoms. The van der Waals surface area contributed by atoms with Crippen molar-refractivity contribution in [3.8, 4) is 5.75 Å². The molecule has 5 nitrogen and oxygen atoms in total. The van der Waals surface area contributed by atoms with Crippen LogP contribution in [0.1, 0.15) is 17.5 Å². The molecule has 0 fully saturated rings. The number of aromatic nitrogens is 1. The van der Waals surface area contributed by atoms with Crippen LogP contribution in [0.5, 0.6) is 5.75 Å². The fourth-order valence-corrected chi connectivity index (χ4v) is 2.39. The zero-order valence-electron chi connectivity index (χ0n) is 11.8. The number of aryl methyl sites for hydroxylation is 1. The summed E-state index contributed by atoms with van der Waals surface area (Å²) in [6.07, 6.45) is 3.03. The average molecular weight is 283 g/mol. The largest absolute Gasteiger partial charge is 0.489 e. The van der Waals surface area contributed by atoms with Crippen molar-refractivity contribution in [1.29, 1.82) is 0 Å². The molecule has 5 heteroatoms. The third kappa shape index (κ3) is 2.97. The summed E-state index contributed by atoms with van der Waals surface area (Å²) in [5.41, 5.74) is 3.01. The van der Waals surface area contributed by atoms with Crippen LogP contribution < -0.4 is 15.4 Å². The molecule has 2 heterocycles. The summed E-state index contributed by atoms with van der Waals surface area (Å²) in [6, 6.07) is 9.63. The van der Waals surface area contributed by atoms with E-state index in [-0.39, 0.29) is 5.91 Å². The molecular weight excluding hydrogens is 266 g/mol. The van der Waals surface area contributed by atoms with Crippen molar-refractivity contribution >= 4 is 17.4 Å². The van der Waals surface area contributed by atoms with Crippen LogP contribution in [0, 0.1) is 0 Å². The van der Waals surface area contributed by atoms with Crippen molar-refractivity contribution in [3.63, 3.8) is 0 Å². The first kappa shape index (κ1) is 13.4. The van der Waals surface area contributed by atoms with E-state index in [0.717, 1.165) is 34.8 Å². The molecule has 1 aliphatic heterocycles. The van der Waals surface area contributed by atoms with Gasteiger partial charge in [0.1, 0.15) is 18.2 Å². The number of pyridine rings is 1. The Hall–Kier alpha value is -2.56. The van der Waals surface area contributed by atoms with Crippen LogP contribution in [0.2, 0.25) is 0 Å².